The third-order valence-electron chi connectivity index (χ3n) is 5.58. The zero-order valence-corrected chi connectivity index (χ0v) is 18.4. The molecule has 0 unspecified atom stereocenters. The quantitative estimate of drug-likeness (QED) is 0.386. The number of carbonyl (C=O) groups is 1. The fourth-order valence-corrected chi connectivity index (χ4v) is 4.30. The van der Waals surface area contributed by atoms with Gasteiger partial charge in [-0.1, -0.05) is 36.4 Å². The Kier molecular flexibility index (Phi) is 5.42. The predicted molar refractivity (Wildman–Crippen MR) is 122 cm³/mol. The van der Waals surface area contributed by atoms with Crippen LogP contribution in [0.3, 0.4) is 0 Å². The molecule has 0 saturated carbocycles. The van der Waals surface area contributed by atoms with E-state index in [1.165, 1.54) is 0 Å². The van der Waals surface area contributed by atoms with Gasteiger partial charge in [-0.05, 0) is 53.0 Å². The number of aromatic nitrogens is 3. The fraction of sp³-hybridized carbons (Fsp3) is 0.208. The Morgan fingerprint density at radius 1 is 1.10 bits per heavy atom. The number of rotatable bonds is 5. The lowest BCUT2D eigenvalue weighted by atomic mass is 10.1. The van der Waals surface area contributed by atoms with Crippen molar-refractivity contribution in [2.75, 3.05) is 13.2 Å². The maximum Gasteiger partial charge on any atom is 0.258 e. The van der Waals surface area contributed by atoms with Crippen molar-refractivity contribution in [1.29, 1.82) is 0 Å². The summed E-state index contributed by atoms with van der Waals surface area (Å²) >= 11 is 3.33. The average molecular weight is 477 g/mol. The summed E-state index contributed by atoms with van der Waals surface area (Å²) in [5, 5.41) is 4.73. The molecular formula is C24H21BrN4O2. The van der Waals surface area contributed by atoms with Gasteiger partial charge in [0.1, 0.15) is 22.7 Å². The van der Waals surface area contributed by atoms with Crippen LogP contribution >= 0.6 is 15.9 Å². The SMILES string of the molecule is O=C(c1c(-c2ccccc2)nn2ccccc12)N1CCC[C@H]1COc1ccc(Br)nc1. The number of ether oxygens (including phenoxy) is 1. The lowest BCUT2D eigenvalue weighted by molar-refractivity contribution is 0.0694. The molecule has 1 aromatic carbocycles. The van der Waals surface area contributed by atoms with Gasteiger partial charge in [-0.25, -0.2) is 9.50 Å². The summed E-state index contributed by atoms with van der Waals surface area (Å²) in [6.07, 6.45) is 5.43. The first-order chi connectivity index (χ1) is 15.2. The number of pyridine rings is 2. The molecule has 1 aliphatic rings. The van der Waals surface area contributed by atoms with Crippen molar-refractivity contribution in [3.05, 3.63) is 83.2 Å². The third kappa shape index (κ3) is 3.93. The van der Waals surface area contributed by atoms with Gasteiger partial charge in [0.15, 0.2) is 0 Å². The van der Waals surface area contributed by atoms with Gasteiger partial charge >= 0.3 is 0 Å². The summed E-state index contributed by atoms with van der Waals surface area (Å²) in [6, 6.07) is 19.4. The van der Waals surface area contributed by atoms with Crippen molar-refractivity contribution < 1.29 is 9.53 Å². The van der Waals surface area contributed by atoms with Crippen LogP contribution in [0.1, 0.15) is 23.2 Å². The molecule has 0 radical (unpaired) electrons. The minimum atomic E-state index is 0.0000779. The summed E-state index contributed by atoms with van der Waals surface area (Å²) in [6.45, 7) is 1.15. The number of halogens is 1. The number of nitrogens with zero attached hydrogens (tertiary/aromatic N) is 4. The van der Waals surface area contributed by atoms with Crippen molar-refractivity contribution in [3.8, 4) is 17.0 Å². The van der Waals surface area contributed by atoms with Crippen LogP contribution in [0.4, 0.5) is 0 Å². The van der Waals surface area contributed by atoms with Crippen LogP contribution in [-0.2, 0) is 0 Å². The molecule has 1 amide bonds. The largest absolute Gasteiger partial charge is 0.490 e. The molecule has 1 aliphatic heterocycles. The zero-order valence-electron chi connectivity index (χ0n) is 16.8. The number of benzene rings is 1. The van der Waals surface area contributed by atoms with Gasteiger partial charge in [0, 0.05) is 18.3 Å². The second kappa shape index (κ2) is 8.51. The topological polar surface area (TPSA) is 59.7 Å². The Morgan fingerprint density at radius 2 is 1.94 bits per heavy atom. The van der Waals surface area contributed by atoms with E-state index in [1.54, 1.807) is 10.7 Å². The molecule has 0 bridgehead atoms. The van der Waals surface area contributed by atoms with E-state index in [9.17, 15) is 4.79 Å². The molecule has 156 valence electrons. The summed E-state index contributed by atoms with van der Waals surface area (Å²) in [7, 11) is 0. The van der Waals surface area contributed by atoms with E-state index < -0.39 is 0 Å². The van der Waals surface area contributed by atoms with E-state index in [0.717, 1.165) is 28.5 Å². The van der Waals surface area contributed by atoms with Crippen LogP contribution < -0.4 is 4.74 Å². The normalized spacial score (nSPS) is 16.0. The van der Waals surface area contributed by atoms with Gasteiger partial charge in [0.25, 0.3) is 5.91 Å². The lowest BCUT2D eigenvalue weighted by Crippen LogP contribution is -2.39. The zero-order chi connectivity index (χ0) is 21.2. The molecule has 5 rings (SSSR count). The smallest absolute Gasteiger partial charge is 0.258 e. The van der Waals surface area contributed by atoms with Crippen LogP contribution in [0.5, 0.6) is 5.75 Å². The Bertz CT molecular complexity index is 1210. The lowest BCUT2D eigenvalue weighted by Gasteiger charge is -2.25. The number of hydrogen-bond donors (Lipinski definition) is 0. The highest BCUT2D eigenvalue weighted by Gasteiger charge is 2.33. The number of hydrogen-bond acceptors (Lipinski definition) is 4. The van der Waals surface area contributed by atoms with Gasteiger partial charge in [-0.3, -0.25) is 4.79 Å². The van der Waals surface area contributed by atoms with Crippen molar-refractivity contribution in [1.82, 2.24) is 19.5 Å². The van der Waals surface area contributed by atoms with Crippen molar-refractivity contribution >= 4 is 27.4 Å². The highest BCUT2D eigenvalue weighted by Crippen LogP contribution is 2.30. The first kappa shape index (κ1) is 19.8. The van der Waals surface area contributed by atoms with Crippen LogP contribution in [0.25, 0.3) is 16.8 Å². The molecule has 0 spiro atoms. The number of amides is 1. The van der Waals surface area contributed by atoms with Gasteiger partial charge < -0.3 is 9.64 Å². The Labute approximate surface area is 188 Å². The standard InChI is InChI=1S/C24H21BrN4O2/c25-21-12-11-19(15-26-21)31-16-18-9-6-13-28(18)24(30)22-20-10-4-5-14-29(20)27-23(22)17-7-2-1-3-8-17/h1-5,7-8,10-12,14-15,18H,6,9,13,16H2/t18-/m0/s1. The first-order valence-corrected chi connectivity index (χ1v) is 11.1. The highest BCUT2D eigenvalue weighted by atomic mass is 79.9. The summed E-state index contributed by atoms with van der Waals surface area (Å²) in [5.41, 5.74) is 3.10. The molecule has 31 heavy (non-hydrogen) atoms. The Morgan fingerprint density at radius 3 is 2.74 bits per heavy atom. The number of fused-ring (bicyclic) bond motifs is 1. The molecule has 4 heterocycles. The molecule has 0 aliphatic carbocycles. The highest BCUT2D eigenvalue weighted by molar-refractivity contribution is 9.10. The fourth-order valence-electron chi connectivity index (χ4n) is 4.07. The average Bonchev–Trinajstić information content (AvgIpc) is 3.44. The molecule has 7 heteroatoms. The molecule has 1 saturated heterocycles. The van der Waals surface area contributed by atoms with E-state index >= 15 is 0 Å². The van der Waals surface area contributed by atoms with Crippen molar-refractivity contribution in [3.63, 3.8) is 0 Å². The Balaban J connectivity index is 1.45. The second-order valence-electron chi connectivity index (χ2n) is 7.54. The summed E-state index contributed by atoms with van der Waals surface area (Å²) in [4.78, 5) is 19.9. The van der Waals surface area contributed by atoms with Crippen LogP contribution in [-0.4, -0.2) is 44.6 Å². The van der Waals surface area contributed by atoms with E-state index in [2.05, 4.69) is 20.9 Å². The van der Waals surface area contributed by atoms with Crippen molar-refractivity contribution in [2.24, 2.45) is 0 Å². The van der Waals surface area contributed by atoms with Crippen LogP contribution in [0.2, 0.25) is 0 Å². The minimum absolute atomic E-state index is 0.0000779. The molecule has 4 aromatic rings. The van der Waals surface area contributed by atoms with Crippen LogP contribution in [0.15, 0.2) is 77.7 Å². The van der Waals surface area contributed by atoms with Crippen molar-refractivity contribution in [2.45, 2.75) is 18.9 Å². The van der Waals surface area contributed by atoms with Crippen LogP contribution in [0, 0.1) is 0 Å². The predicted octanol–water partition coefficient (Wildman–Crippen LogP) is 4.84. The number of likely N-dealkylation sites (tertiary alicyclic amines) is 1. The monoisotopic (exact) mass is 476 g/mol. The molecule has 6 nitrogen and oxygen atoms in total. The Hall–Kier alpha value is -3.19. The summed E-state index contributed by atoms with van der Waals surface area (Å²) < 4.78 is 8.49. The van der Waals surface area contributed by atoms with Gasteiger partial charge in [0.2, 0.25) is 0 Å². The van der Waals surface area contributed by atoms with Gasteiger partial charge in [-0.2, -0.15) is 5.10 Å². The third-order valence-corrected chi connectivity index (χ3v) is 6.05. The maximum atomic E-state index is 13.8. The molecule has 1 fully saturated rings. The van der Waals surface area contributed by atoms with E-state index in [4.69, 9.17) is 9.84 Å². The summed E-state index contributed by atoms with van der Waals surface area (Å²) in [5.74, 6) is 0.698. The second-order valence-corrected chi connectivity index (χ2v) is 8.35. The molecule has 0 N–H and O–H groups in total. The molecule has 1 atom stereocenters. The number of carbonyl (C=O) groups excluding carboxylic acids is 1. The van der Waals surface area contributed by atoms with E-state index in [-0.39, 0.29) is 11.9 Å². The minimum Gasteiger partial charge on any atom is -0.490 e. The first-order valence-electron chi connectivity index (χ1n) is 10.3. The molecule has 3 aromatic heterocycles. The van der Waals surface area contributed by atoms with Gasteiger partial charge in [-0.15, -0.1) is 0 Å². The van der Waals surface area contributed by atoms with E-state index in [1.807, 2.05) is 71.8 Å². The van der Waals surface area contributed by atoms with Gasteiger partial charge in [0.05, 0.1) is 23.3 Å². The maximum absolute atomic E-state index is 13.8. The molecular weight excluding hydrogens is 456 g/mol. The van der Waals surface area contributed by atoms with E-state index in [0.29, 0.717) is 30.2 Å².